The first-order valence-corrected chi connectivity index (χ1v) is 12.8. The molecule has 0 aliphatic carbocycles. The predicted molar refractivity (Wildman–Crippen MR) is 142 cm³/mol. The zero-order valence-electron chi connectivity index (χ0n) is 22.6. The highest BCUT2D eigenvalue weighted by molar-refractivity contribution is 5.82. The number of imidazole rings is 1. The van der Waals surface area contributed by atoms with Crippen molar-refractivity contribution in [2.24, 2.45) is 7.05 Å². The number of ether oxygens (including phenoxy) is 2. The van der Waals surface area contributed by atoms with Gasteiger partial charge in [-0.1, -0.05) is 6.07 Å². The Bertz CT molecular complexity index is 1300. The first kappa shape index (κ1) is 27.0. The van der Waals surface area contributed by atoms with E-state index in [2.05, 4.69) is 16.0 Å². The third-order valence-electron chi connectivity index (χ3n) is 6.60. The van der Waals surface area contributed by atoms with E-state index in [0.717, 1.165) is 40.8 Å². The molecule has 0 amide bonds. The lowest BCUT2D eigenvalue weighted by Gasteiger charge is -2.26. The molecule has 2 atom stereocenters. The normalized spacial score (nSPS) is 16.6. The number of rotatable bonds is 7. The summed E-state index contributed by atoms with van der Waals surface area (Å²) in [7, 11) is 1.76. The molecule has 0 saturated carbocycles. The van der Waals surface area contributed by atoms with Gasteiger partial charge in [0.1, 0.15) is 17.5 Å². The summed E-state index contributed by atoms with van der Waals surface area (Å²) in [6.07, 6.45) is 2.66. The summed E-state index contributed by atoms with van der Waals surface area (Å²) in [6, 6.07) is 7.29. The maximum absolute atomic E-state index is 12.6. The van der Waals surface area contributed by atoms with Gasteiger partial charge < -0.3 is 23.7 Å². The molecule has 0 unspecified atom stereocenters. The number of nitrogens with zero attached hydrogens (tertiary/aromatic N) is 3. The maximum atomic E-state index is 12.6. The van der Waals surface area contributed by atoms with Crippen LogP contribution in [0, 0.1) is 6.92 Å². The average molecular weight is 511 g/mol. The molecule has 37 heavy (non-hydrogen) atoms. The molecule has 1 saturated heterocycles. The van der Waals surface area contributed by atoms with Gasteiger partial charge in [0.2, 0.25) is 0 Å². The van der Waals surface area contributed by atoms with Gasteiger partial charge in [0.15, 0.2) is 0 Å². The van der Waals surface area contributed by atoms with E-state index in [1.165, 1.54) is 0 Å². The summed E-state index contributed by atoms with van der Waals surface area (Å²) in [5, 5.41) is 13.4. The van der Waals surface area contributed by atoms with E-state index in [9.17, 15) is 14.7 Å². The van der Waals surface area contributed by atoms with Crippen molar-refractivity contribution in [1.29, 1.82) is 0 Å². The van der Waals surface area contributed by atoms with Crippen molar-refractivity contribution >= 4 is 17.0 Å². The number of nitrogens with one attached hydrogen (secondary N) is 1. The Morgan fingerprint density at radius 1 is 1.27 bits per heavy atom. The average Bonchev–Trinajstić information content (AvgIpc) is 3.20. The Morgan fingerprint density at radius 2 is 1.97 bits per heavy atom. The fourth-order valence-corrected chi connectivity index (χ4v) is 4.81. The molecule has 0 bridgehead atoms. The topological polar surface area (TPSA) is 108 Å². The smallest absolute Gasteiger partial charge is 0.326 e. The van der Waals surface area contributed by atoms with Crippen LogP contribution >= 0.6 is 0 Å². The zero-order chi connectivity index (χ0) is 26.9. The van der Waals surface area contributed by atoms with Crippen molar-refractivity contribution in [2.45, 2.75) is 77.8 Å². The Balaban J connectivity index is 1.71. The number of esters is 1. The van der Waals surface area contributed by atoms with E-state index < -0.39 is 23.7 Å². The first-order chi connectivity index (χ1) is 17.4. The number of aryl methyl sites for hydroxylation is 2. The number of carbonyl (C=O) groups is 1. The minimum atomic E-state index is -0.911. The second-order valence-electron chi connectivity index (χ2n) is 10.9. The molecule has 0 radical (unpaired) electrons. The summed E-state index contributed by atoms with van der Waals surface area (Å²) in [5.74, 6) is 0.337. The molecule has 3 aromatic rings. The summed E-state index contributed by atoms with van der Waals surface area (Å²) in [5.41, 5.74) is 3.69. The molecular weight excluding hydrogens is 472 g/mol. The van der Waals surface area contributed by atoms with Gasteiger partial charge in [-0.3, -0.25) is 14.9 Å². The lowest BCUT2D eigenvalue weighted by Crippen LogP contribution is -2.47. The highest BCUT2D eigenvalue weighted by Crippen LogP contribution is 2.33. The maximum Gasteiger partial charge on any atom is 0.326 e. The van der Waals surface area contributed by atoms with Crippen LogP contribution in [0.1, 0.15) is 57.7 Å². The highest BCUT2D eigenvalue weighted by atomic mass is 16.6. The molecule has 1 aliphatic rings. The van der Waals surface area contributed by atoms with Gasteiger partial charge in [-0.2, -0.15) is 0 Å². The molecule has 3 heterocycles. The lowest BCUT2D eigenvalue weighted by molar-refractivity contribution is -0.160. The molecule has 9 nitrogen and oxygen atoms in total. The minimum Gasteiger partial charge on any atom is -0.459 e. The fourth-order valence-electron chi connectivity index (χ4n) is 4.81. The van der Waals surface area contributed by atoms with Gasteiger partial charge >= 0.3 is 5.97 Å². The fraction of sp³-hybridized carbons (Fsp3) is 0.536. The summed E-state index contributed by atoms with van der Waals surface area (Å²) in [4.78, 5) is 29.9. The molecule has 2 aromatic heterocycles. The molecule has 9 heteroatoms. The number of aliphatic hydroxyl groups excluding tert-OH is 1. The number of fused-ring (bicyclic) bond motifs is 1. The first-order valence-electron chi connectivity index (χ1n) is 12.8. The summed E-state index contributed by atoms with van der Waals surface area (Å²) < 4.78 is 15.0. The van der Waals surface area contributed by atoms with Crippen LogP contribution in [0.15, 0.2) is 35.3 Å². The molecule has 1 aliphatic heterocycles. The largest absolute Gasteiger partial charge is 0.459 e. The Morgan fingerprint density at radius 3 is 2.59 bits per heavy atom. The van der Waals surface area contributed by atoms with Gasteiger partial charge in [0.25, 0.3) is 5.56 Å². The minimum absolute atomic E-state index is 0.0245. The zero-order valence-corrected chi connectivity index (χ0v) is 22.6. The van der Waals surface area contributed by atoms with Crippen LogP contribution in [0.5, 0.6) is 0 Å². The van der Waals surface area contributed by atoms with Crippen molar-refractivity contribution < 1.29 is 19.4 Å². The molecule has 2 N–H and O–H groups in total. The van der Waals surface area contributed by atoms with Crippen molar-refractivity contribution in [3.05, 3.63) is 51.9 Å². The van der Waals surface area contributed by atoms with E-state index in [0.29, 0.717) is 25.3 Å². The SMILES string of the molecule is Cc1cc(-c2nc3ccc(CN[C@H](C(=O)OC(C)(C)C)[C@@H](C)O)cc3n2C2CCOCC2)cn(C)c1=O. The number of hydrogen-bond acceptors (Lipinski definition) is 7. The van der Waals surface area contributed by atoms with E-state index in [-0.39, 0.29) is 11.6 Å². The van der Waals surface area contributed by atoms with Gasteiger partial charge in [0, 0.05) is 50.2 Å². The lowest BCUT2D eigenvalue weighted by atomic mass is 10.1. The standard InChI is InChI=1S/C28H38N4O5/c1-17-13-20(16-31(6)26(17)34)25-30-22-8-7-19(14-23(22)32(25)21-9-11-36-12-10-21)15-29-24(18(2)33)27(35)37-28(3,4)5/h7-8,13-14,16,18,21,24,29,33H,9-12,15H2,1-6H3/t18-,24+/m1/s1. The quantitative estimate of drug-likeness (QED) is 0.470. The predicted octanol–water partition coefficient (Wildman–Crippen LogP) is 3.24. The molecular formula is C28H38N4O5. The van der Waals surface area contributed by atoms with Crippen molar-refractivity contribution in [3.8, 4) is 11.4 Å². The van der Waals surface area contributed by atoms with E-state index in [1.807, 2.05) is 31.3 Å². The number of carbonyl (C=O) groups excluding carboxylic acids is 1. The summed E-state index contributed by atoms with van der Waals surface area (Å²) in [6.45, 7) is 10.6. The molecule has 1 aromatic carbocycles. The Labute approximate surface area is 217 Å². The number of aromatic nitrogens is 3. The number of pyridine rings is 1. The van der Waals surface area contributed by atoms with Gasteiger partial charge in [0.05, 0.1) is 17.1 Å². The molecule has 1 fully saturated rings. The number of hydrogen-bond donors (Lipinski definition) is 2. The van der Waals surface area contributed by atoms with Crippen LogP contribution in [0.3, 0.4) is 0 Å². The molecule has 4 rings (SSSR count). The molecule has 200 valence electrons. The van der Waals surface area contributed by atoms with E-state index >= 15 is 0 Å². The van der Waals surface area contributed by atoms with Crippen LogP contribution in [0.4, 0.5) is 0 Å². The number of benzene rings is 1. The van der Waals surface area contributed by atoms with Crippen LogP contribution in [-0.2, 0) is 27.9 Å². The second kappa shape index (κ2) is 10.8. The Hall–Kier alpha value is -3.01. The van der Waals surface area contributed by atoms with E-state index in [4.69, 9.17) is 14.5 Å². The monoisotopic (exact) mass is 510 g/mol. The van der Waals surface area contributed by atoms with Crippen molar-refractivity contribution in [1.82, 2.24) is 19.4 Å². The van der Waals surface area contributed by atoms with Gasteiger partial charge in [-0.15, -0.1) is 0 Å². The van der Waals surface area contributed by atoms with E-state index in [1.54, 1.807) is 39.3 Å². The van der Waals surface area contributed by atoms with Crippen LogP contribution in [0.25, 0.3) is 22.4 Å². The third kappa shape index (κ3) is 6.11. The Kier molecular flexibility index (Phi) is 7.87. The highest BCUT2D eigenvalue weighted by Gasteiger charge is 2.29. The number of aliphatic hydroxyl groups is 1. The van der Waals surface area contributed by atoms with Crippen LogP contribution in [0.2, 0.25) is 0 Å². The molecule has 0 spiro atoms. The van der Waals surface area contributed by atoms with Crippen molar-refractivity contribution in [3.63, 3.8) is 0 Å². The van der Waals surface area contributed by atoms with Gasteiger partial charge in [-0.05, 0) is 71.2 Å². The van der Waals surface area contributed by atoms with Crippen LogP contribution < -0.4 is 10.9 Å². The second-order valence-corrected chi connectivity index (χ2v) is 10.9. The van der Waals surface area contributed by atoms with Crippen LogP contribution in [-0.4, -0.2) is 56.2 Å². The van der Waals surface area contributed by atoms with Gasteiger partial charge in [-0.25, -0.2) is 4.98 Å². The third-order valence-corrected chi connectivity index (χ3v) is 6.60. The summed E-state index contributed by atoms with van der Waals surface area (Å²) >= 11 is 0. The van der Waals surface area contributed by atoms with Crippen molar-refractivity contribution in [2.75, 3.05) is 13.2 Å².